The molecule has 0 aromatic rings. The quantitative estimate of drug-likeness (QED) is 0.440. The number of rotatable bonds is 0. The molecular weight excluding hydrogens is 199 g/mol. The molecule has 0 aliphatic heterocycles. The molecule has 0 rings (SSSR count). The van der Waals surface area contributed by atoms with E-state index in [-0.39, 0.29) is 3.12 Å². The summed E-state index contributed by atoms with van der Waals surface area (Å²) in [4.78, 5) is 9.76. The van der Waals surface area contributed by atoms with Crippen LogP contribution in [0.25, 0.3) is 0 Å². The second-order valence-corrected chi connectivity index (χ2v) is 2.93. The van der Waals surface area contributed by atoms with Crippen molar-refractivity contribution in [3.05, 3.63) is 0 Å². The summed E-state index contributed by atoms with van der Waals surface area (Å²) in [5.74, 6) is 0. The zero-order valence-electron chi connectivity index (χ0n) is 2.69. The largest absolute Gasteiger partial charge is 0.275 e. The first-order valence-electron chi connectivity index (χ1n) is 1.01. The molecule has 5 heavy (non-hydrogen) atoms. The highest BCUT2D eigenvalue weighted by molar-refractivity contribution is 14.1. The lowest BCUT2D eigenvalue weighted by atomic mass is 11.8. The number of carbonyl (C=O) groups excluding carboxylic acids is 1. The predicted molar refractivity (Wildman–Crippen MR) is 32.9 cm³/mol. The minimum Gasteiger partial charge on any atom is -0.275 e. The van der Waals surface area contributed by atoms with Crippen LogP contribution in [0.4, 0.5) is 4.79 Å². The fraction of sp³-hybridized carbons (Fsp3) is 0.500. The van der Waals surface area contributed by atoms with Gasteiger partial charge in [-0.15, -0.1) is 0 Å². The predicted octanol–water partition coefficient (Wildman–Crippen LogP) is 1.90. The molecular formula is C2H3IOS. The Balaban J connectivity index is 2.85. The number of hydrogen-bond acceptors (Lipinski definition) is 2. The lowest BCUT2D eigenvalue weighted by Gasteiger charge is -1.69. The van der Waals surface area contributed by atoms with Gasteiger partial charge in [-0.2, -0.15) is 0 Å². The summed E-state index contributed by atoms with van der Waals surface area (Å²) < 4.78 is 0.141. The number of carbonyl (C=O) groups is 1. The fourth-order valence-electron chi connectivity index (χ4n) is 0. The van der Waals surface area contributed by atoms with Gasteiger partial charge >= 0.3 is 0 Å². The second-order valence-electron chi connectivity index (χ2n) is 0.442. The first-order valence-corrected chi connectivity index (χ1v) is 3.31. The second kappa shape index (κ2) is 2.96. The number of hydrogen-bond donors (Lipinski definition) is 0. The fourth-order valence-corrected chi connectivity index (χ4v) is 0. The summed E-state index contributed by atoms with van der Waals surface area (Å²) in [5, 5.41) is 0. The summed E-state index contributed by atoms with van der Waals surface area (Å²) in [7, 11) is 0. The molecule has 0 saturated carbocycles. The van der Waals surface area contributed by atoms with Crippen molar-refractivity contribution in [3.63, 3.8) is 0 Å². The van der Waals surface area contributed by atoms with E-state index in [4.69, 9.17) is 0 Å². The maximum Gasteiger partial charge on any atom is 0.248 e. The summed E-state index contributed by atoms with van der Waals surface area (Å²) in [6.45, 7) is 0. The molecule has 0 saturated heterocycles. The van der Waals surface area contributed by atoms with Crippen LogP contribution in [0.5, 0.6) is 0 Å². The maximum atomic E-state index is 9.76. The Labute approximate surface area is 48.7 Å². The van der Waals surface area contributed by atoms with Crippen LogP contribution in [0.3, 0.4) is 0 Å². The SMILES string of the molecule is CSC(=O)I. The van der Waals surface area contributed by atoms with Crippen LogP contribution >= 0.6 is 34.4 Å². The Hall–Kier alpha value is 0.750. The Bertz CT molecular complexity index is 44.9. The van der Waals surface area contributed by atoms with Gasteiger partial charge < -0.3 is 0 Å². The topological polar surface area (TPSA) is 17.1 Å². The molecule has 0 atom stereocenters. The smallest absolute Gasteiger partial charge is 0.248 e. The molecule has 0 N–H and O–H groups in total. The van der Waals surface area contributed by atoms with Gasteiger partial charge in [0, 0.05) is 22.6 Å². The molecule has 0 amide bonds. The molecule has 0 bridgehead atoms. The van der Waals surface area contributed by atoms with Gasteiger partial charge in [0.05, 0.1) is 0 Å². The summed E-state index contributed by atoms with van der Waals surface area (Å²) in [6.07, 6.45) is 1.76. The third-order valence-corrected chi connectivity index (χ3v) is 1.80. The van der Waals surface area contributed by atoms with Gasteiger partial charge in [-0.05, 0) is 6.26 Å². The molecule has 0 unspecified atom stereocenters. The van der Waals surface area contributed by atoms with E-state index in [0.717, 1.165) is 0 Å². The molecule has 0 aromatic carbocycles. The van der Waals surface area contributed by atoms with Crippen molar-refractivity contribution in [2.75, 3.05) is 6.26 Å². The van der Waals surface area contributed by atoms with E-state index in [1.165, 1.54) is 11.8 Å². The van der Waals surface area contributed by atoms with Crippen LogP contribution in [0.1, 0.15) is 0 Å². The third kappa shape index (κ3) is 4.75. The van der Waals surface area contributed by atoms with E-state index in [9.17, 15) is 4.79 Å². The first-order chi connectivity index (χ1) is 2.27. The van der Waals surface area contributed by atoms with Crippen molar-refractivity contribution in [2.45, 2.75) is 0 Å². The van der Waals surface area contributed by atoms with Crippen LogP contribution < -0.4 is 0 Å². The lowest BCUT2D eigenvalue weighted by Crippen LogP contribution is -1.59. The van der Waals surface area contributed by atoms with Crippen LogP contribution in [0, 0.1) is 0 Å². The van der Waals surface area contributed by atoms with E-state index in [0.29, 0.717) is 0 Å². The molecule has 0 spiro atoms. The van der Waals surface area contributed by atoms with E-state index < -0.39 is 0 Å². The lowest BCUT2D eigenvalue weighted by molar-refractivity contribution is 0.278. The summed E-state index contributed by atoms with van der Waals surface area (Å²) >= 11 is 2.96. The van der Waals surface area contributed by atoms with Gasteiger partial charge in [0.15, 0.2) is 0 Å². The Morgan fingerprint density at radius 1 is 2.00 bits per heavy atom. The first kappa shape index (κ1) is 5.75. The Kier molecular flexibility index (Phi) is 3.40. The molecule has 1 nitrogen and oxygen atoms in total. The zero-order chi connectivity index (χ0) is 4.28. The Morgan fingerprint density at radius 2 is 2.20 bits per heavy atom. The van der Waals surface area contributed by atoms with Crippen molar-refractivity contribution in [3.8, 4) is 0 Å². The molecule has 30 valence electrons. The van der Waals surface area contributed by atoms with Gasteiger partial charge in [0.25, 0.3) is 0 Å². The zero-order valence-corrected chi connectivity index (χ0v) is 5.67. The summed E-state index contributed by atoms with van der Waals surface area (Å²) in [6, 6.07) is 0. The minimum absolute atomic E-state index is 0.141. The van der Waals surface area contributed by atoms with Crippen LogP contribution in [0.15, 0.2) is 0 Å². The maximum absolute atomic E-state index is 9.76. The average Bonchev–Trinajstić information content (AvgIpc) is 1.38. The van der Waals surface area contributed by atoms with Crippen molar-refractivity contribution in [1.29, 1.82) is 0 Å². The van der Waals surface area contributed by atoms with Gasteiger partial charge in [-0.1, -0.05) is 11.8 Å². The third-order valence-electron chi connectivity index (χ3n) is 0.160. The molecule has 3 heteroatoms. The van der Waals surface area contributed by atoms with Crippen molar-refractivity contribution in [2.24, 2.45) is 0 Å². The highest BCUT2D eigenvalue weighted by Gasteiger charge is 1.80. The molecule has 0 aromatic heterocycles. The van der Waals surface area contributed by atoms with Crippen molar-refractivity contribution >= 4 is 37.5 Å². The minimum atomic E-state index is 0.141. The molecule has 0 heterocycles. The standard InChI is InChI=1S/C2H3IOS/c1-5-2(3)4/h1H3. The van der Waals surface area contributed by atoms with E-state index in [2.05, 4.69) is 0 Å². The highest BCUT2D eigenvalue weighted by Crippen LogP contribution is 2.02. The van der Waals surface area contributed by atoms with Crippen molar-refractivity contribution < 1.29 is 4.79 Å². The number of halogens is 1. The molecule has 0 radical (unpaired) electrons. The van der Waals surface area contributed by atoms with Gasteiger partial charge in [0.1, 0.15) is 0 Å². The normalized spacial score (nSPS) is 7.60. The van der Waals surface area contributed by atoms with Crippen LogP contribution in [-0.4, -0.2) is 9.38 Å². The molecule has 0 fully saturated rings. The van der Waals surface area contributed by atoms with E-state index >= 15 is 0 Å². The van der Waals surface area contributed by atoms with Gasteiger partial charge in [-0.25, -0.2) is 0 Å². The Morgan fingerprint density at radius 3 is 2.20 bits per heavy atom. The highest BCUT2D eigenvalue weighted by atomic mass is 127. The average molecular weight is 202 g/mol. The van der Waals surface area contributed by atoms with Crippen molar-refractivity contribution in [1.82, 2.24) is 0 Å². The van der Waals surface area contributed by atoms with Gasteiger partial charge in [-0.3, -0.25) is 4.79 Å². The number of thioether (sulfide) groups is 1. The monoisotopic (exact) mass is 202 g/mol. The van der Waals surface area contributed by atoms with Crippen LogP contribution in [-0.2, 0) is 0 Å². The summed E-state index contributed by atoms with van der Waals surface area (Å²) in [5.41, 5.74) is 0. The molecule has 0 aliphatic rings. The van der Waals surface area contributed by atoms with Gasteiger partial charge in [0.2, 0.25) is 3.12 Å². The molecule has 0 aliphatic carbocycles. The van der Waals surface area contributed by atoms with E-state index in [1.807, 2.05) is 0 Å². The van der Waals surface area contributed by atoms with E-state index in [1.54, 1.807) is 28.8 Å². The van der Waals surface area contributed by atoms with Crippen LogP contribution in [0.2, 0.25) is 0 Å².